The zero-order valence-corrected chi connectivity index (χ0v) is 10.2. The molecular weight excluding hydrogens is 208 g/mol. The van der Waals surface area contributed by atoms with Crippen LogP contribution in [0, 0.1) is 0 Å². The van der Waals surface area contributed by atoms with E-state index in [0.29, 0.717) is 24.7 Å². The molecule has 0 aromatic heterocycles. The molecule has 0 aromatic carbocycles. The molecule has 0 aromatic rings. The third-order valence-electron chi connectivity index (χ3n) is 2.65. The molecule has 0 amide bonds. The molecule has 1 atom stereocenters. The Morgan fingerprint density at radius 2 is 2.19 bits per heavy atom. The van der Waals surface area contributed by atoms with Crippen LogP contribution in [0.4, 0.5) is 0 Å². The topological polar surface area (TPSA) is 80.9 Å². The molecule has 0 bridgehead atoms. The smallest absolute Gasteiger partial charge is 0.206 e. The van der Waals surface area contributed by atoms with E-state index in [4.69, 9.17) is 15.3 Å². The van der Waals surface area contributed by atoms with Crippen molar-refractivity contribution in [1.82, 2.24) is 10.7 Å². The second kappa shape index (κ2) is 6.67. The van der Waals surface area contributed by atoms with Crippen molar-refractivity contribution in [2.45, 2.75) is 38.0 Å². The van der Waals surface area contributed by atoms with Gasteiger partial charge < -0.3 is 14.8 Å². The first kappa shape index (κ1) is 13.2. The van der Waals surface area contributed by atoms with Gasteiger partial charge in [0, 0.05) is 20.3 Å². The Kier molecular flexibility index (Phi) is 5.51. The summed E-state index contributed by atoms with van der Waals surface area (Å²) in [5, 5.41) is 3.15. The summed E-state index contributed by atoms with van der Waals surface area (Å²) < 4.78 is 10.2. The zero-order chi connectivity index (χ0) is 12.0. The first-order valence-electron chi connectivity index (χ1n) is 5.52. The highest BCUT2D eigenvalue weighted by Crippen LogP contribution is 2.25. The summed E-state index contributed by atoms with van der Waals surface area (Å²) >= 11 is 0. The second-order valence-electron chi connectivity index (χ2n) is 4.11. The molecule has 6 heteroatoms. The number of aliphatic imine (C=N–C) groups is 1. The molecule has 16 heavy (non-hydrogen) atoms. The highest BCUT2D eigenvalue weighted by molar-refractivity contribution is 5.79. The van der Waals surface area contributed by atoms with Gasteiger partial charge in [-0.25, -0.2) is 10.8 Å². The number of nitrogens with zero attached hydrogens (tertiary/aromatic N) is 1. The first-order valence-corrected chi connectivity index (χ1v) is 5.52. The monoisotopic (exact) mass is 230 g/mol. The van der Waals surface area contributed by atoms with E-state index < -0.39 is 0 Å². The van der Waals surface area contributed by atoms with Crippen molar-refractivity contribution in [3.8, 4) is 0 Å². The summed E-state index contributed by atoms with van der Waals surface area (Å²) in [4.78, 5) is 4.45. The van der Waals surface area contributed by atoms with E-state index in [1.165, 1.54) is 0 Å². The number of hydrazine groups is 1. The minimum absolute atomic E-state index is 0.179. The van der Waals surface area contributed by atoms with Gasteiger partial charge in [0.25, 0.3) is 0 Å². The average Bonchev–Trinajstić information content (AvgIpc) is 2.21. The van der Waals surface area contributed by atoms with Gasteiger partial charge in [0.05, 0.1) is 18.8 Å². The third-order valence-corrected chi connectivity index (χ3v) is 2.65. The molecule has 1 saturated carbocycles. The lowest BCUT2D eigenvalue weighted by molar-refractivity contribution is 0.0283. The summed E-state index contributed by atoms with van der Waals surface area (Å²) in [5.41, 5.74) is 2.57. The molecule has 0 aliphatic heterocycles. The summed E-state index contributed by atoms with van der Waals surface area (Å²) in [6, 6.07) is 0.483. The fraction of sp³-hybridized carbons (Fsp3) is 0.900. The number of guanidine groups is 1. The number of ether oxygens (including phenoxy) is 2. The van der Waals surface area contributed by atoms with Gasteiger partial charge in [-0.2, -0.15) is 0 Å². The van der Waals surface area contributed by atoms with Crippen LogP contribution in [0.25, 0.3) is 0 Å². The summed E-state index contributed by atoms with van der Waals surface area (Å²) in [6.07, 6.45) is 2.27. The highest BCUT2D eigenvalue weighted by Gasteiger charge is 2.29. The number of rotatable bonds is 5. The second-order valence-corrected chi connectivity index (χ2v) is 4.11. The Morgan fingerprint density at radius 1 is 1.50 bits per heavy atom. The lowest BCUT2D eigenvalue weighted by Gasteiger charge is -2.31. The van der Waals surface area contributed by atoms with E-state index in [1.807, 2.05) is 6.92 Å². The zero-order valence-electron chi connectivity index (χ0n) is 10.2. The maximum Gasteiger partial charge on any atom is 0.206 e. The molecule has 4 N–H and O–H groups in total. The van der Waals surface area contributed by atoms with E-state index in [-0.39, 0.29) is 6.04 Å². The van der Waals surface area contributed by atoms with Gasteiger partial charge in [0.1, 0.15) is 0 Å². The van der Waals surface area contributed by atoms with Crippen molar-refractivity contribution >= 4 is 5.96 Å². The van der Waals surface area contributed by atoms with Crippen LogP contribution in [0.1, 0.15) is 19.8 Å². The van der Waals surface area contributed by atoms with E-state index in [2.05, 4.69) is 15.7 Å². The van der Waals surface area contributed by atoms with Gasteiger partial charge in [-0.3, -0.25) is 5.43 Å². The van der Waals surface area contributed by atoms with Crippen molar-refractivity contribution in [3.63, 3.8) is 0 Å². The lowest BCUT2D eigenvalue weighted by Crippen LogP contribution is -2.48. The molecule has 0 saturated heterocycles. The Balaban J connectivity index is 2.33. The number of nitrogens with two attached hydrogens (primary N) is 1. The van der Waals surface area contributed by atoms with Crippen LogP contribution in [-0.4, -0.2) is 45.0 Å². The molecule has 1 unspecified atom stereocenters. The Labute approximate surface area is 96.6 Å². The van der Waals surface area contributed by atoms with Gasteiger partial charge in [-0.1, -0.05) is 0 Å². The molecule has 1 rings (SSSR count). The Morgan fingerprint density at radius 3 is 2.69 bits per heavy atom. The predicted molar refractivity (Wildman–Crippen MR) is 63.1 cm³/mol. The van der Waals surface area contributed by atoms with E-state index in [9.17, 15) is 0 Å². The molecule has 1 aliphatic rings. The quantitative estimate of drug-likeness (QED) is 0.259. The molecule has 1 fully saturated rings. The van der Waals surface area contributed by atoms with Crippen LogP contribution in [-0.2, 0) is 9.47 Å². The molecule has 94 valence electrons. The summed E-state index contributed by atoms with van der Waals surface area (Å²) in [6.45, 7) is 2.63. The van der Waals surface area contributed by atoms with Gasteiger partial charge in [-0.15, -0.1) is 0 Å². The fourth-order valence-corrected chi connectivity index (χ4v) is 1.66. The minimum atomic E-state index is 0.179. The van der Waals surface area contributed by atoms with E-state index in [1.54, 1.807) is 14.2 Å². The van der Waals surface area contributed by atoms with Gasteiger partial charge in [-0.05, 0) is 19.8 Å². The largest absolute Gasteiger partial charge is 0.383 e. The van der Waals surface area contributed by atoms with Gasteiger partial charge in [0.15, 0.2) is 0 Å². The molecule has 0 spiro atoms. The highest BCUT2D eigenvalue weighted by atomic mass is 16.5. The SMILES string of the molecule is COCC(C)NC(=NC1CC(OC)C1)NN. The van der Waals surface area contributed by atoms with Crippen molar-refractivity contribution < 1.29 is 9.47 Å². The number of nitrogens with one attached hydrogen (secondary N) is 2. The molecule has 1 aliphatic carbocycles. The van der Waals surface area contributed by atoms with Crippen LogP contribution in [0.15, 0.2) is 4.99 Å². The summed E-state index contributed by atoms with van der Waals surface area (Å²) in [7, 11) is 3.39. The van der Waals surface area contributed by atoms with Crippen LogP contribution < -0.4 is 16.6 Å². The average molecular weight is 230 g/mol. The normalized spacial score (nSPS) is 27.1. The third kappa shape index (κ3) is 3.96. The van der Waals surface area contributed by atoms with Crippen molar-refractivity contribution in [3.05, 3.63) is 0 Å². The molecule has 0 heterocycles. The molecule has 6 nitrogen and oxygen atoms in total. The van der Waals surface area contributed by atoms with Crippen molar-refractivity contribution in [2.75, 3.05) is 20.8 Å². The minimum Gasteiger partial charge on any atom is -0.383 e. The number of hydrogen-bond donors (Lipinski definition) is 3. The van der Waals surface area contributed by atoms with E-state index in [0.717, 1.165) is 12.8 Å². The standard InChI is InChI=1S/C10H22N4O2/c1-7(6-15-2)12-10(14-11)13-8-4-9(5-8)16-3/h7-9H,4-6,11H2,1-3H3,(H2,12,13,14). The van der Waals surface area contributed by atoms with Crippen LogP contribution in [0.2, 0.25) is 0 Å². The van der Waals surface area contributed by atoms with Crippen LogP contribution >= 0.6 is 0 Å². The number of methoxy groups -OCH3 is 2. The fourth-order valence-electron chi connectivity index (χ4n) is 1.66. The molecular formula is C10H22N4O2. The predicted octanol–water partition coefficient (Wildman–Crippen LogP) is -0.392. The Bertz CT molecular complexity index is 229. The lowest BCUT2D eigenvalue weighted by atomic mass is 9.90. The van der Waals surface area contributed by atoms with Crippen LogP contribution in [0.3, 0.4) is 0 Å². The van der Waals surface area contributed by atoms with E-state index >= 15 is 0 Å². The summed E-state index contributed by atoms with van der Waals surface area (Å²) in [5.74, 6) is 6.01. The maximum atomic E-state index is 5.40. The molecule has 0 radical (unpaired) electrons. The van der Waals surface area contributed by atoms with Crippen molar-refractivity contribution in [1.29, 1.82) is 0 Å². The van der Waals surface area contributed by atoms with Crippen LogP contribution in [0.5, 0.6) is 0 Å². The maximum absolute atomic E-state index is 5.40. The number of hydrogen-bond acceptors (Lipinski definition) is 4. The Hall–Kier alpha value is -0.850. The first-order chi connectivity index (χ1) is 7.69. The van der Waals surface area contributed by atoms with Gasteiger partial charge >= 0.3 is 0 Å². The van der Waals surface area contributed by atoms with Crippen molar-refractivity contribution in [2.24, 2.45) is 10.8 Å². The van der Waals surface area contributed by atoms with Gasteiger partial charge in [0.2, 0.25) is 5.96 Å².